The van der Waals surface area contributed by atoms with Crippen LogP contribution in [0.15, 0.2) is 0 Å². The maximum absolute atomic E-state index is 8.36. The van der Waals surface area contributed by atoms with Gasteiger partial charge in [-0.05, 0) is 12.8 Å². The molecule has 148 valence electrons. The Hall–Kier alpha value is -0.240. The van der Waals surface area contributed by atoms with E-state index in [0.29, 0.717) is 39.6 Å². The van der Waals surface area contributed by atoms with E-state index in [9.17, 15) is 0 Å². The summed E-state index contributed by atoms with van der Waals surface area (Å²) in [7, 11) is 0. The molecule has 0 saturated carbocycles. The highest BCUT2D eigenvalue weighted by molar-refractivity contribution is 4.41. The summed E-state index contributed by atoms with van der Waals surface area (Å²) in [4.78, 5) is 0. The molecule has 0 radical (unpaired) electrons. The quantitative estimate of drug-likeness (QED) is 0.369. The standard InChI is InChI=1S/C10H22O.C8H18O5/c1-3-5-6-7-8-10-11-9-4-2;9-1-3-11-5-7-13-8-6-12-4-2-10/h3-10H2,1-2H3;9-10H,1-8H2. The van der Waals surface area contributed by atoms with Gasteiger partial charge >= 0.3 is 0 Å². The molecule has 0 aromatic rings. The lowest BCUT2D eigenvalue weighted by atomic mass is 10.2. The summed E-state index contributed by atoms with van der Waals surface area (Å²) in [5.41, 5.74) is 0. The van der Waals surface area contributed by atoms with Crippen LogP contribution in [0.2, 0.25) is 0 Å². The Morgan fingerprint density at radius 3 is 1.38 bits per heavy atom. The smallest absolute Gasteiger partial charge is 0.0701 e. The van der Waals surface area contributed by atoms with E-state index < -0.39 is 0 Å². The summed E-state index contributed by atoms with van der Waals surface area (Å²) >= 11 is 0. The molecule has 0 amide bonds. The minimum Gasteiger partial charge on any atom is -0.394 e. The lowest BCUT2D eigenvalue weighted by Crippen LogP contribution is -2.11. The SMILES string of the molecule is CCCCCCCOCCC.OCCOCCOCCOCCO. The highest BCUT2D eigenvalue weighted by Crippen LogP contribution is 2.02. The molecule has 0 spiro atoms. The minimum absolute atomic E-state index is 0.0413. The molecule has 0 atom stereocenters. The monoisotopic (exact) mass is 352 g/mol. The normalized spacial score (nSPS) is 10.5. The van der Waals surface area contributed by atoms with Crippen molar-refractivity contribution >= 4 is 0 Å². The van der Waals surface area contributed by atoms with Gasteiger partial charge in [0.1, 0.15) is 0 Å². The molecule has 0 aromatic carbocycles. The van der Waals surface area contributed by atoms with E-state index in [0.717, 1.165) is 19.6 Å². The summed E-state index contributed by atoms with van der Waals surface area (Å²) in [5.74, 6) is 0. The second-order valence-electron chi connectivity index (χ2n) is 5.31. The third-order valence-electron chi connectivity index (χ3n) is 2.96. The molecule has 0 rings (SSSR count). The highest BCUT2D eigenvalue weighted by atomic mass is 16.5. The Morgan fingerprint density at radius 1 is 0.458 bits per heavy atom. The fourth-order valence-corrected chi connectivity index (χ4v) is 1.73. The third kappa shape index (κ3) is 29.7. The average molecular weight is 353 g/mol. The second kappa shape index (κ2) is 27.6. The van der Waals surface area contributed by atoms with Gasteiger partial charge in [-0.15, -0.1) is 0 Å². The van der Waals surface area contributed by atoms with Crippen LogP contribution >= 0.6 is 0 Å². The maximum Gasteiger partial charge on any atom is 0.0701 e. The van der Waals surface area contributed by atoms with Crippen LogP contribution < -0.4 is 0 Å². The van der Waals surface area contributed by atoms with Crippen LogP contribution in [0.3, 0.4) is 0 Å². The molecule has 0 bridgehead atoms. The van der Waals surface area contributed by atoms with E-state index in [1.54, 1.807) is 0 Å². The first kappa shape index (κ1) is 26.0. The van der Waals surface area contributed by atoms with Crippen LogP contribution in [0.4, 0.5) is 0 Å². The van der Waals surface area contributed by atoms with Gasteiger partial charge in [0, 0.05) is 13.2 Å². The van der Waals surface area contributed by atoms with E-state index in [-0.39, 0.29) is 13.2 Å². The number of rotatable bonds is 18. The van der Waals surface area contributed by atoms with Crippen molar-refractivity contribution in [2.24, 2.45) is 0 Å². The molecule has 0 aliphatic carbocycles. The predicted octanol–water partition coefficient (Wildman–Crippen LogP) is 2.40. The molecular formula is C18H40O6. The summed E-state index contributed by atoms with van der Waals surface area (Å²) in [5, 5.41) is 16.7. The van der Waals surface area contributed by atoms with Crippen LogP contribution in [0.25, 0.3) is 0 Å². The van der Waals surface area contributed by atoms with Crippen molar-refractivity contribution in [3.05, 3.63) is 0 Å². The summed E-state index contributed by atoms with van der Waals surface area (Å²) in [6, 6.07) is 0. The van der Waals surface area contributed by atoms with Gasteiger partial charge in [-0.3, -0.25) is 0 Å². The largest absolute Gasteiger partial charge is 0.394 e. The first-order chi connectivity index (χ1) is 11.8. The van der Waals surface area contributed by atoms with Crippen LogP contribution in [0.1, 0.15) is 52.4 Å². The first-order valence-electron chi connectivity index (χ1n) is 9.36. The van der Waals surface area contributed by atoms with Crippen LogP contribution in [-0.4, -0.2) is 76.3 Å². The second-order valence-corrected chi connectivity index (χ2v) is 5.31. The third-order valence-corrected chi connectivity index (χ3v) is 2.96. The molecule has 0 aliphatic heterocycles. The van der Waals surface area contributed by atoms with Crippen molar-refractivity contribution in [2.45, 2.75) is 52.4 Å². The zero-order valence-electron chi connectivity index (χ0n) is 15.8. The molecule has 0 aliphatic rings. The molecule has 2 N–H and O–H groups in total. The number of aliphatic hydroxyl groups excluding tert-OH is 2. The zero-order valence-corrected chi connectivity index (χ0v) is 15.8. The van der Waals surface area contributed by atoms with Crippen molar-refractivity contribution in [3.63, 3.8) is 0 Å². The predicted molar refractivity (Wildman–Crippen MR) is 96.5 cm³/mol. The molecule has 6 heteroatoms. The van der Waals surface area contributed by atoms with Gasteiger partial charge in [0.2, 0.25) is 0 Å². The van der Waals surface area contributed by atoms with E-state index in [4.69, 9.17) is 29.2 Å². The summed E-state index contributed by atoms with van der Waals surface area (Å²) < 4.78 is 20.4. The molecule has 6 nitrogen and oxygen atoms in total. The highest BCUT2D eigenvalue weighted by Gasteiger charge is 1.90. The molecule has 0 saturated heterocycles. The summed E-state index contributed by atoms with van der Waals surface area (Å²) in [6.45, 7) is 9.07. The fourth-order valence-electron chi connectivity index (χ4n) is 1.73. The molecular weight excluding hydrogens is 312 g/mol. The van der Waals surface area contributed by atoms with Gasteiger partial charge < -0.3 is 29.2 Å². The van der Waals surface area contributed by atoms with Crippen LogP contribution in [0, 0.1) is 0 Å². The van der Waals surface area contributed by atoms with Crippen molar-refractivity contribution in [1.29, 1.82) is 0 Å². The van der Waals surface area contributed by atoms with Gasteiger partial charge in [0.25, 0.3) is 0 Å². The van der Waals surface area contributed by atoms with E-state index >= 15 is 0 Å². The van der Waals surface area contributed by atoms with Gasteiger partial charge in [0.05, 0.1) is 52.9 Å². The van der Waals surface area contributed by atoms with E-state index in [1.165, 1.54) is 32.1 Å². The summed E-state index contributed by atoms with van der Waals surface area (Å²) in [6.07, 6.45) is 7.84. The molecule has 0 heterocycles. The van der Waals surface area contributed by atoms with E-state index in [2.05, 4.69) is 13.8 Å². The number of unbranched alkanes of at least 4 members (excludes halogenated alkanes) is 4. The van der Waals surface area contributed by atoms with Crippen molar-refractivity contribution in [2.75, 3.05) is 66.1 Å². The lowest BCUT2D eigenvalue weighted by Gasteiger charge is -2.04. The minimum atomic E-state index is 0.0413. The van der Waals surface area contributed by atoms with Crippen molar-refractivity contribution < 1.29 is 29.2 Å². The Balaban J connectivity index is 0. The Morgan fingerprint density at radius 2 is 0.917 bits per heavy atom. The number of hydrogen-bond acceptors (Lipinski definition) is 6. The topological polar surface area (TPSA) is 77.4 Å². The van der Waals surface area contributed by atoms with E-state index in [1.807, 2.05) is 0 Å². The molecule has 0 unspecified atom stereocenters. The zero-order chi connectivity index (χ0) is 18.1. The van der Waals surface area contributed by atoms with Crippen LogP contribution in [-0.2, 0) is 18.9 Å². The van der Waals surface area contributed by atoms with Gasteiger partial charge in [-0.2, -0.15) is 0 Å². The lowest BCUT2D eigenvalue weighted by molar-refractivity contribution is 0.00230. The van der Waals surface area contributed by atoms with Gasteiger partial charge in [0.15, 0.2) is 0 Å². The molecule has 24 heavy (non-hydrogen) atoms. The number of ether oxygens (including phenoxy) is 4. The Bertz CT molecular complexity index is 174. The van der Waals surface area contributed by atoms with Crippen molar-refractivity contribution in [3.8, 4) is 0 Å². The van der Waals surface area contributed by atoms with Gasteiger partial charge in [-0.1, -0.05) is 39.5 Å². The van der Waals surface area contributed by atoms with Gasteiger partial charge in [-0.25, -0.2) is 0 Å². The fraction of sp³-hybridized carbons (Fsp3) is 1.00. The number of aliphatic hydroxyl groups is 2. The average Bonchev–Trinajstić information content (AvgIpc) is 2.60. The van der Waals surface area contributed by atoms with Crippen molar-refractivity contribution in [1.82, 2.24) is 0 Å². The Kier molecular flexibility index (Phi) is 29.9. The first-order valence-corrected chi connectivity index (χ1v) is 9.36. The number of hydrogen-bond donors (Lipinski definition) is 2. The molecule has 0 aromatic heterocycles. The van der Waals surface area contributed by atoms with Crippen LogP contribution in [0.5, 0.6) is 0 Å². The molecule has 0 fully saturated rings. The maximum atomic E-state index is 8.36. The Labute approximate surface area is 148 Å².